The molecular formula is C12H23NO2. The van der Waals surface area contributed by atoms with E-state index in [-0.39, 0.29) is 12.1 Å². The van der Waals surface area contributed by atoms with Gasteiger partial charge in [-0.15, -0.1) is 0 Å². The summed E-state index contributed by atoms with van der Waals surface area (Å²) in [6.45, 7) is 4.07. The van der Waals surface area contributed by atoms with E-state index in [0.717, 1.165) is 32.5 Å². The molecule has 0 aromatic carbocycles. The zero-order valence-electron chi connectivity index (χ0n) is 9.65. The Labute approximate surface area is 92.3 Å². The summed E-state index contributed by atoms with van der Waals surface area (Å²) in [5.74, 6) is 0.629. The molecule has 4 atom stereocenters. The van der Waals surface area contributed by atoms with Gasteiger partial charge in [0.05, 0.1) is 12.2 Å². The molecule has 2 N–H and O–H groups in total. The predicted octanol–water partition coefficient (Wildman–Crippen LogP) is 1.70. The molecule has 4 unspecified atom stereocenters. The molecule has 2 rings (SSSR count). The van der Waals surface area contributed by atoms with Crippen molar-refractivity contribution in [2.45, 2.75) is 57.3 Å². The third-order valence-electron chi connectivity index (χ3n) is 3.71. The van der Waals surface area contributed by atoms with Crippen LogP contribution in [0.4, 0.5) is 0 Å². The minimum absolute atomic E-state index is 0.201. The van der Waals surface area contributed by atoms with E-state index in [9.17, 15) is 0 Å². The maximum Gasteiger partial charge on any atom is 0.0752 e. The highest BCUT2D eigenvalue weighted by Gasteiger charge is 2.30. The Balaban J connectivity index is 1.69. The summed E-state index contributed by atoms with van der Waals surface area (Å²) >= 11 is 0. The SMILES string of the molecule is CC1CCOC1C(N)CCC1CCCO1. The summed E-state index contributed by atoms with van der Waals surface area (Å²) in [6.07, 6.45) is 6.50. The maximum atomic E-state index is 6.17. The number of nitrogens with two attached hydrogens (primary N) is 1. The zero-order valence-corrected chi connectivity index (χ0v) is 9.65. The Morgan fingerprint density at radius 1 is 1.27 bits per heavy atom. The van der Waals surface area contributed by atoms with Gasteiger partial charge < -0.3 is 15.2 Å². The lowest BCUT2D eigenvalue weighted by molar-refractivity contribution is 0.0579. The fourth-order valence-corrected chi connectivity index (χ4v) is 2.68. The van der Waals surface area contributed by atoms with Crippen LogP contribution in [0, 0.1) is 5.92 Å². The normalized spacial score (nSPS) is 38.4. The molecule has 3 heteroatoms. The van der Waals surface area contributed by atoms with Crippen LogP contribution < -0.4 is 5.73 Å². The van der Waals surface area contributed by atoms with Crippen LogP contribution in [0.25, 0.3) is 0 Å². The van der Waals surface area contributed by atoms with Crippen molar-refractivity contribution in [3.63, 3.8) is 0 Å². The molecule has 0 radical (unpaired) electrons. The van der Waals surface area contributed by atoms with Crippen molar-refractivity contribution in [2.24, 2.45) is 11.7 Å². The third-order valence-corrected chi connectivity index (χ3v) is 3.71. The fourth-order valence-electron chi connectivity index (χ4n) is 2.68. The number of hydrogen-bond acceptors (Lipinski definition) is 3. The van der Waals surface area contributed by atoms with Crippen LogP contribution >= 0.6 is 0 Å². The molecule has 2 aliphatic heterocycles. The van der Waals surface area contributed by atoms with E-state index in [1.165, 1.54) is 12.8 Å². The topological polar surface area (TPSA) is 44.5 Å². The van der Waals surface area contributed by atoms with E-state index >= 15 is 0 Å². The molecule has 0 saturated carbocycles. The molecule has 2 saturated heterocycles. The first-order chi connectivity index (χ1) is 7.27. The van der Waals surface area contributed by atoms with Crippen LogP contribution in [0.1, 0.15) is 39.0 Å². The van der Waals surface area contributed by atoms with Gasteiger partial charge in [0.2, 0.25) is 0 Å². The number of ether oxygens (including phenoxy) is 2. The maximum absolute atomic E-state index is 6.17. The molecule has 0 aliphatic carbocycles. The predicted molar refractivity (Wildman–Crippen MR) is 59.7 cm³/mol. The second-order valence-corrected chi connectivity index (χ2v) is 4.98. The van der Waals surface area contributed by atoms with Gasteiger partial charge in [0, 0.05) is 19.3 Å². The molecule has 2 fully saturated rings. The van der Waals surface area contributed by atoms with Gasteiger partial charge in [-0.1, -0.05) is 6.92 Å². The van der Waals surface area contributed by atoms with Crippen molar-refractivity contribution in [3.8, 4) is 0 Å². The van der Waals surface area contributed by atoms with E-state index in [1.807, 2.05) is 0 Å². The molecule has 15 heavy (non-hydrogen) atoms. The summed E-state index contributed by atoms with van der Waals surface area (Å²) in [5.41, 5.74) is 6.17. The van der Waals surface area contributed by atoms with Crippen LogP contribution in [-0.4, -0.2) is 31.5 Å². The van der Waals surface area contributed by atoms with E-state index in [0.29, 0.717) is 12.0 Å². The number of rotatable bonds is 4. The molecule has 0 bridgehead atoms. The van der Waals surface area contributed by atoms with Crippen molar-refractivity contribution in [1.29, 1.82) is 0 Å². The number of hydrogen-bond donors (Lipinski definition) is 1. The van der Waals surface area contributed by atoms with E-state index in [2.05, 4.69) is 6.92 Å². The van der Waals surface area contributed by atoms with Crippen LogP contribution in [0.5, 0.6) is 0 Å². The van der Waals surface area contributed by atoms with E-state index in [4.69, 9.17) is 15.2 Å². The van der Waals surface area contributed by atoms with Crippen LogP contribution in [0.2, 0.25) is 0 Å². The minimum Gasteiger partial charge on any atom is -0.378 e. The lowest BCUT2D eigenvalue weighted by atomic mass is 9.94. The molecule has 0 aromatic heterocycles. The standard InChI is InChI=1S/C12H23NO2/c1-9-6-8-15-12(9)11(13)5-4-10-3-2-7-14-10/h9-12H,2-8,13H2,1H3. The molecule has 3 nitrogen and oxygen atoms in total. The largest absolute Gasteiger partial charge is 0.378 e. The Hall–Kier alpha value is -0.120. The Morgan fingerprint density at radius 3 is 2.73 bits per heavy atom. The van der Waals surface area contributed by atoms with Crippen LogP contribution in [-0.2, 0) is 9.47 Å². The monoisotopic (exact) mass is 213 g/mol. The Kier molecular flexibility index (Phi) is 4.00. The third kappa shape index (κ3) is 2.92. The minimum atomic E-state index is 0.201. The zero-order chi connectivity index (χ0) is 10.7. The summed E-state index contributed by atoms with van der Waals surface area (Å²) in [6, 6.07) is 0.201. The fraction of sp³-hybridized carbons (Fsp3) is 1.00. The summed E-state index contributed by atoms with van der Waals surface area (Å²) in [4.78, 5) is 0. The average Bonchev–Trinajstić information content (AvgIpc) is 2.84. The van der Waals surface area contributed by atoms with Crippen molar-refractivity contribution >= 4 is 0 Å². The molecular weight excluding hydrogens is 190 g/mol. The smallest absolute Gasteiger partial charge is 0.0752 e. The molecule has 0 aromatic rings. The van der Waals surface area contributed by atoms with Crippen molar-refractivity contribution in [1.82, 2.24) is 0 Å². The average molecular weight is 213 g/mol. The highest BCUT2D eigenvalue weighted by molar-refractivity contribution is 4.83. The first-order valence-electron chi connectivity index (χ1n) is 6.26. The summed E-state index contributed by atoms with van der Waals surface area (Å²) in [7, 11) is 0. The van der Waals surface area contributed by atoms with Gasteiger partial charge in [-0.25, -0.2) is 0 Å². The molecule has 88 valence electrons. The summed E-state index contributed by atoms with van der Waals surface area (Å²) in [5, 5.41) is 0. The van der Waals surface area contributed by atoms with E-state index < -0.39 is 0 Å². The Morgan fingerprint density at radius 2 is 2.13 bits per heavy atom. The van der Waals surface area contributed by atoms with Gasteiger partial charge in [0.25, 0.3) is 0 Å². The van der Waals surface area contributed by atoms with Crippen molar-refractivity contribution in [3.05, 3.63) is 0 Å². The van der Waals surface area contributed by atoms with Gasteiger partial charge in [0.15, 0.2) is 0 Å². The molecule has 2 aliphatic rings. The summed E-state index contributed by atoms with van der Waals surface area (Å²) < 4.78 is 11.3. The highest BCUT2D eigenvalue weighted by atomic mass is 16.5. The van der Waals surface area contributed by atoms with Crippen LogP contribution in [0.3, 0.4) is 0 Å². The van der Waals surface area contributed by atoms with Gasteiger partial charge in [-0.3, -0.25) is 0 Å². The highest BCUT2D eigenvalue weighted by Crippen LogP contribution is 2.25. The van der Waals surface area contributed by atoms with Crippen molar-refractivity contribution < 1.29 is 9.47 Å². The first-order valence-corrected chi connectivity index (χ1v) is 6.26. The van der Waals surface area contributed by atoms with Crippen LogP contribution in [0.15, 0.2) is 0 Å². The second kappa shape index (κ2) is 5.28. The quantitative estimate of drug-likeness (QED) is 0.773. The first kappa shape index (κ1) is 11.4. The van der Waals surface area contributed by atoms with Gasteiger partial charge in [-0.05, 0) is 38.0 Å². The van der Waals surface area contributed by atoms with Gasteiger partial charge >= 0.3 is 0 Å². The molecule has 0 spiro atoms. The molecule has 0 amide bonds. The van der Waals surface area contributed by atoms with Gasteiger partial charge in [0.1, 0.15) is 0 Å². The Bertz CT molecular complexity index is 192. The molecule has 2 heterocycles. The second-order valence-electron chi connectivity index (χ2n) is 4.98. The lowest BCUT2D eigenvalue weighted by Crippen LogP contribution is -2.38. The van der Waals surface area contributed by atoms with Crippen molar-refractivity contribution in [2.75, 3.05) is 13.2 Å². The van der Waals surface area contributed by atoms with Gasteiger partial charge in [-0.2, -0.15) is 0 Å². The van der Waals surface area contributed by atoms with E-state index in [1.54, 1.807) is 0 Å². The lowest BCUT2D eigenvalue weighted by Gasteiger charge is -2.23.